The van der Waals surface area contributed by atoms with E-state index in [9.17, 15) is 17.6 Å². The maximum Gasteiger partial charge on any atom is 0.259 e. The zero-order chi connectivity index (χ0) is 22.0. The van der Waals surface area contributed by atoms with Gasteiger partial charge in [-0.25, -0.2) is 12.8 Å². The SMILES string of the molecule is COc1cc2ccccc2cc1C(=O)Nc1ccc(F)c(S(=O)(=O)N2CCOCC2)c1. The second-order valence-corrected chi connectivity index (χ2v) is 8.92. The fourth-order valence-corrected chi connectivity index (χ4v) is 4.97. The van der Waals surface area contributed by atoms with Crippen molar-refractivity contribution in [3.8, 4) is 5.75 Å². The number of nitrogens with zero attached hydrogens (tertiary/aromatic N) is 1. The van der Waals surface area contributed by atoms with Gasteiger partial charge in [-0.15, -0.1) is 0 Å². The van der Waals surface area contributed by atoms with Crippen LogP contribution in [0.4, 0.5) is 10.1 Å². The van der Waals surface area contributed by atoms with Gasteiger partial charge in [0.1, 0.15) is 16.5 Å². The summed E-state index contributed by atoms with van der Waals surface area (Å²) in [5.41, 5.74) is 0.441. The molecule has 1 fully saturated rings. The number of methoxy groups -OCH3 is 1. The van der Waals surface area contributed by atoms with E-state index in [0.29, 0.717) is 5.75 Å². The highest BCUT2D eigenvalue weighted by molar-refractivity contribution is 7.89. The first-order valence-corrected chi connectivity index (χ1v) is 11.1. The minimum absolute atomic E-state index is 0.145. The average Bonchev–Trinajstić information content (AvgIpc) is 2.79. The summed E-state index contributed by atoms with van der Waals surface area (Å²) in [4.78, 5) is 12.4. The van der Waals surface area contributed by atoms with E-state index >= 15 is 0 Å². The number of anilines is 1. The number of hydrogen-bond acceptors (Lipinski definition) is 5. The van der Waals surface area contributed by atoms with Crippen molar-refractivity contribution in [3.05, 3.63) is 66.0 Å². The van der Waals surface area contributed by atoms with Gasteiger partial charge < -0.3 is 14.8 Å². The highest BCUT2D eigenvalue weighted by Gasteiger charge is 2.29. The molecule has 1 saturated heterocycles. The third-order valence-electron chi connectivity index (χ3n) is 5.09. The van der Waals surface area contributed by atoms with Gasteiger partial charge in [-0.1, -0.05) is 24.3 Å². The van der Waals surface area contributed by atoms with Crippen LogP contribution in [-0.4, -0.2) is 52.0 Å². The van der Waals surface area contributed by atoms with Gasteiger partial charge in [-0.2, -0.15) is 4.31 Å². The molecule has 1 aliphatic heterocycles. The van der Waals surface area contributed by atoms with Crippen LogP contribution in [0.5, 0.6) is 5.75 Å². The molecule has 0 unspecified atom stereocenters. The number of amides is 1. The summed E-state index contributed by atoms with van der Waals surface area (Å²) in [5.74, 6) is -1.00. The third kappa shape index (κ3) is 4.25. The molecule has 0 saturated carbocycles. The van der Waals surface area contributed by atoms with Gasteiger partial charge >= 0.3 is 0 Å². The van der Waals surface area contributed by atoms with Crippen LogP contribution in [0.1, 0.15) is 10.4 Å². The van der Waals surface area contributed by atoms with Crippen LogP contribution in [0.25, 0.3) is 10.8 Å². The van der Waals surface area contributed by atoms with Crippen LogP contribution >= 0.6 is 0 Å². The Hall–Kier alpha value is -3.01. The molecule has 0 radical (unpaired) electrons. The Morgan fingerprint density at radius 1 is 1.06 bits per heavy atom. The van der Waals surface area contributed by atoms with Crippen LogP contribution < -0.4 is 10.1 Å². The molecule has 0 aromatic heterocycles. The fourth-order valence-electron chi connectivity index (χ4n) is 3.47. The predicted molar refractivity (Wildman–Crippen MR) is 114 cm³/mol. The van der Waals surface area contributed by atoms with Gasteiger partial charge in [0.25, 0.3) is 5.91 Å². The molecule has 0 aliphatic carbocycles. The first-order valence-electron chi connectivity index (χ1n) is 9.66. The maximum absolute atomic E-state index is 14.4. The summed E-state index contributed by atoms with van der Waals surface area (Å²) in [6.07, 6.45) is 0. The number of rotatable bonds is 5. The summed E-state index contributed by atoms with van der Waals surface area (Å²) in [7, 11) is -2.59. The number of hydrogen-bond donors (Lipinski definition) is 1. The number of nitrogens with one attached hydrogen (secondary N) is 1. The third-order valence-corrected chi connectivity index (χ3v) is 7.00. The van der Waals surface area contributed by atoms with E-state index in [0.717, 1.165) is 22.9 Å². The molecule has 1 aliphatic rings. The quantitative estimate of drug-likeness (QED) is 0.653. The fraction of sp³-hybridized carbons (Fsp3) is 0.227. The van der Waals surface area contributed by atoms with E-state index < -0.39 is 26.6 Å². The van der Waals surface area contributed by atoms with Gasteiger partial charge in [0.2, 0.25) is 10.0 Å². The minimum Gasteiger partial charge on any atom is -0.496 e. The van der Waals surface area contributed by atoms with Crippen molar-refractivity contribution >= 4 is 32.4 Å². The Morgan fingerprint density at radius 3 is 2.42 bits per heavy atom. The standard InChI is InChI=1S/C22H21FN2O5S/c1-29-20-13-16-5-3-2-4-15(16)12-18(20)22(26)24-17-6-7-19(23)21(14-17)31(27,28)25-8-10-30-11-9-25/h2-7,12-14H,8-11H2,1H3,(H,24,26). The number of fused-ring (bicyclic) bond motifs is 1. The van der Waals surface area contributed by atoms with Crippen molar-refractivity contribution in [1.82, 2.24) is 4.31 Å². The van der Waals surface area contributed by atoms with Crippen LogP contribution in [0, 0.1) is 5.82 Å². The summed E-state index contributed by atoms with van der Waals surface area (Å²) >= 11 is 0. The van der Waals surface area contributed by atoms with E-state index in [1.54, 1.807) is 12.1 Å². The number of sulfonamides is 1. The molecule has 31 heavy (non-hydrogen) atoms. The zero-order valence-electron chi connectivity index (χ0n) is 16.8. The Labute approximate surface area is 179 Å². The normalized spacial score (nSPS) is 15.0. The molecule has 4 rings (SSSR count). The highest BCUT2D eigenvalue weighted by atomic mass is 32.2. The van der Waals surface area contributed by atoms with Crippen molar-refractivity contribution in [1.29, 1.82) is 0 Å². The van der Waals surface area contributed by atoms with E-state index in [1.165, 1.54) is 17.5 Å². The van der Waals surface area contributed by atoms with Crippen molar-refractivity contribution < 1.29 is 27.1 Å². The van der Waals surface area contributed by atoms with E-state index in [4.69, 9.17) is 9.47 Å². The largest absolute Gasteiger partial charge is 0.496 e. The number of carbonyl (C=O) groups is 1. The molecule has 1 heterocycles. The van der Waals surface area contributed by atoms with Crippen molar-refractivity contribution in [2.45, 2.75) is 4.90 Å². The monoisotopic (exact) mass is 444 g/mol. The lowest BCUT2D eigenvalue weighted by atomic mass is 10.1. The Balaban J connectivity index is 1.65. The molecule has 0 spiro atoms. The van der Waals surface area contributed by atoms with Gasteiger partial charge in [0.05, 0.1) is 25.9 Å². The molecule has 3 aromatic rings. The molecule has 162 valence electrons. The second-order valence-electron chi connectivity index (χ2n) is 7.02. The Kier molecular flexibility index (Phi) is 5.90. The lowest BCUT2D eigenvalue weighted by Crippen LogP contribution is -2.40. The van der Waals surface area contributed by atoms with Gasteiger partial charge in [0, 0.05) is 18.8 Å². The van der Waals surface area contributed by atoms with Gasteiger partial charge in [-0.05, 0) is 41.1 Å². The van der Waals surface area contributed by atoms with Crippen LogP contribution in [-0.2, 0) is 14.8 Å². The minimum atomic E-state index is -4.05. The Bertz CT molecular complexity index is 1240. The lowest BCUT2D eigenvalue weighted by Gasteiger charge is -2.26. The molecule has 7 nitrogen and oxygen atoms in total. The topological polar surface area (TPSA) is 84.9 Å². The van der Waals surface area contributed by atoms with Crippen LogP contribution in [0.15, 0.2) is 59.5 Å². The van der Waals surface area contributed by atoms with Crippen molar-refractivity contribution in [2.75, 3.05) is 38.7 Å². The van der Waals surface area contributed by atoms with Crippen molar-refractivity contribution in [2.24, 2.45) is 0 Å². The van der Waals surface area contributed by atoms with E-state index in [-0.39, 0.29) is 37.6 Å². The maximum atomic E-state index is 14.4. The van der Waals surface area contributed by atoms with E-state index in [1.807, 2.05) is 24.3 Å². The van der Waals surface area contributed by atoms with Gasteiger partial charge in [-0.3, -0.25) is 4.79 Å². The van der Waals surface area contributed by atoms with Crippen LogP contribution in [0.3, 0.4) is 0 Å². The number of benzene rings is 3. The summed E-state index contributed by atoms with van der Waals surface area (Å²) in [6.45, 7) is 0.789. The molecule has 1 amide bonds. The summed E-state index contributed by atoms with van der Waals surface area (Å²) in [6, 6.07) is 14.4. The van der Waals surface area contributed by atoms with E-state index in [2.05, 4.69) is 5.32 Å². The average molecular weight is 444 g/mol. The highest BCUT2D eigenvalue weighted by Crippen LogP contribution is 2.28. The lowest BCUT2D eigenvalue weighted by molar-refractivity contribution is 0.0729. The van der Waals surface area contributed by atoms with Crippen LogP contribution in [0.2, 0.25) is 0 Å². The van der Waals surface area contributed by atoms with Crippen molar-refractivity contribution in [3.63, 3.8) is 0 Å². The first-order chi connectivity index (χ1) is 14.9. The first kappa shape index (κ1) is 21.2. The second kappa shape index (κ2) is 8.62. The summed E-state index contributed by atoms with van der Waals surface area (Å²) in [5, 5.41) is 4.41. The molecular formula is C22H21FN2O5S. The zero-order valence-corrected chi connectivity index (χ0v) is 17.6. The molecule has 1 N–H and O–H groups in total. The molecule has 9 heteroatoms. The number of halogens is 1. The number of ether oxygens (including phenoxy) is 2. The Morgan fingerprint density at radius 2 is 1.74 bits per heavy atom. The molecule has 0 atom stereocenters. The molecule has 0 bridgehead atoms. The number of morpholine rings is 1. The summed E-state index contributed by atoms with van der Waals surface area (Å²) < 4.78 is 51.8. The number of carbonyl (C=O) groups excluding carboxylic acids is 1. The smallest absolute Gasteiger partial charge is 0.259 e. The predicted octanol–water partition coefficient (Wildman–Crippen LogP) is 3.26. The van der Waals surface area contributed by atoms with Gasteiger partial charge in [0.15, 0.2) is 0 Å². The molecule has 3 aromatic carbocycles. The molecular weight excluding hydrogens is 423 g/mol.